The lowest BCUT2D eigenvalue weighted by molar-refractivity contribution is -0.384. The summed E-state index contributed by atoms with van der Waals surface area (Å²) in [4.78, 5) is 16.6. The van der Waals surface area contributed by atoms with Gasteiger partial charge in [-0.3, -0.25) is 10.1 Å². The molecular weight excluding hydrogens is 298 g/mol. The molecule has 6 heteroatoms. The van der Waals surface area contributed by atoms with Crippen LogP contribution in [0, 0.1) is 28.4 Å². The number of nitro groups is 1. The molecule has 1 aromatic heterocycles. The van der Waals surface area contributed by atoms with Crippen molar-refractivity contribution in [3.63, 3.8) is 0 Å². The lowest BCUT2D eigenvalue weighted by atomic mass is 10.3. The van der Waals surface area contributed by atoms with Gasteiger partial charge in [0, 0.05) is 23.3 Å². The molecule has 1 heterocycles. The van der Waals surface area contributed by atoms with E-state index in [2.05, 4.69) is 26.8 Å². The molecule has 94 valence electrons. The zero-order valence-electron chi connectivity index (χ0n) is 9.67. The summed E-state index contributed by atoms with van der Waals surface area (Å²) in [5, 5.41) is 11.1. The van der Waals surface area contributed by atoms with Crippen molar-refractivity contribution >= 4 is 27.4 Å². The van der Waals surface area contributed by atoms with Crippen LogP contribution in [0.5, 0.6) is 0 Å². The minimum absolute atomic E-state index is 0.0136. The van der Waals surface area contributed by atoms with Gasteiger partial charge in [0.15, 0.2) is 0 Å². The number of halogens is 1. The monoisotopic (exact) mass is 309 g/mol. The van der Waals surface area contributed by atoms with Crippen molar-refractivity contribution in [1.29, 1.82) is 0 Å². The summed E-state index contributed by atoms with van der Waals surface area (Å²) in [6.07, 6.45) is 9.19. The van der Waals surface area contributed by atoms with Crippen LogP contribution in [0.15, 0.2) is 16.7 Å². The highest BCUT2D eigenvalue weighted by Gasteiger charge is 2.28. The van der Waals surface area contributed by atoms with Crippen LogP contribution in [0.3, 0.4) is 0 Å². The average molecular weight is 310 g/mol. The smallest absolute Gasteiger partial charge is 0.312 e. The largest absolute Gasteiger partial charge is 0.339 e. The molecular formula is C12H12BrN3O2. The number of hydrogen-bond donors (Lipinski definition) is 0. The fourth-order valence-corrected chi connectivity index (χ4v) is 2.07. The molecule has 1 aliphatic rings. The lowest BCUT2D eigenvalue weighted by Crippen LogP contribution is -2.27. The van der Waals surface area contributed by atoms with Crippen LogP contribution in [0.4, 0.5) is 11.5 Å². The van der Waals surface area contributed by atoms with E-state index in [0.29, 0.717) is 22.8 Å². The topological polar surface area (TPSA) is 59.3 Å². The first-order chi connectivity index (χ1) is 8.61. The zero-order chi connectivity index (χ0) is 13.1. The molecule has 0 aliphatic heterocycles. The lowest BCUT2D eigenvalue weighted by Gasteiger charge is -2.20. The molecule has 5 nitrogen and oxygen atoms in total. The Balaban J connectivity index is 2.32. The van der Waals surface area contributed by atoms with Crippen LogP contribution in [0.2, 0.25) is 0 Å². The second-order valence-electron chi connectivity index (χ2n) is 4.28. The third kappa shape index (κ3) is 2.99. The first-order valence-corrected chi connectivity index (χ1v) is 6.39. The van der Waals surface area contributed by atoms with Gasteiger partial charge in [-0.05, 0) is 34.7 Å². The van der Waals surface area contributed by atoms with Crippen LogP contribution >= 0.6 is 15.9 Å². The van der Waals surface area contributed by atoms with Crippen molar-refractivity contribution < 1.29 is 4.92 Å². The molecule has 0 atom stereocenters. The first kappa shape index (κ1) is 12.8. The van der Waals surface area contributed by atoms with Crippen molar-refractivity contribution in [3.8, 4) is 12.3 Å². The maximum absolute atomic E-state index is 11.1. The fourth-order valence-electron chi connectivity index (χ4n) is 1.75. The third-order valence-corrected chi connectivity index (χ3v) is 3.20. The predicted molar refractivity (Wildman–Crippen MR) is 72.4 cm³/mol. The summed E-state index contributed by atoms with van der Waals surface area (Å²) < 4.78 is 0.588. The summed E-state index contributed by atoms with van der Waals surface area (Å²) in [6, 6.07) is 1.46. The maximum atomic E-state index is 11.1. The van der Waals surface area contributed by atoms with Crippen molar-refractivity contribution in [3.05, 3.63) is 26.9 Å². The van der Waals surface area contributed by atoms with Crippen LogP contribution in [0.25, 0.3) is 0 Å². The van der Waals surface area contributed by atoms with E-state index in [9.17, 15) is 10.1 Å². The summed E-state index contributed by atoms with van der Waals surface area (Å²) in [5.74, 6) is 3.47. The van der Waals surface area contributed by atoms with Gasteiger partial charge in [0.1, 0.15) is 0 Å². The number of nitrogens with zero attached hydrogens (tertiary/aromatic N) is 3. The van der Waals surface area contributed by atoms with E-state index in [1.165, 1.54) is 6.07 Å². The molecule has 0 N–H and O–H groups in total. The van der Waals surface area contributed by atoms with Gasteiger partial charge < -0.3 is 4.90 Å². The van der Waals surface area contributed by atoms with Gasteiger partial charge in [0.25, 0.3) is 0 Å². The molecule has 1 saturated carbocycles. The molecule has 18 heavy (non-hydrogen) atoms. The highest BCUT2D eigenvalue weighted by atomic mass is 79.9. The number of rotatable bonds is 5. The van der Waals surface area contributed by atoms with Crippen molar-refractivity contribution in [2.45, 2.75) is 12.8 Å². The Bertz CT molecular complexity index is 509. The summed E-state index contributed by atoms with van der Waals surface area (Å²) in [5.41, 5.74) is -0.0136. The van der Waals surface area contributed by atoms with E-state index >= 15 is 0 Å². The molecule has 0 bridgehead atoms. The van der Waals surface area contributed by atoms with Crippen LogP contribution in [-0.4, -0.2) is 23.0 Å². The Morgan fingerprint density at radius 1 is 1.67 bits per heavy atom. The van der Waals surface area contributed by atoms with E-state index in [1.807, 2.05) is 4.90 Å². The summed E-state index contributed by atoms with van der Waals surface area (Å²) in [6.45, 7) is 1.08. The molecule has 0 radical (unpaired) electrons. The Morgan fingerprint density at radius 2 is 2.39 bits per heavy atom. The van der Waals surface area contributed by atoms with Gasteiger partial charge in [-0.1, -0.05) is 5.92 Å². The number of anilines is 1. The molecule has 0 spiro atoms. The number of pyridine rings is 1. The van der Waals surface area contributed by atoms with Gasteiger partial charge in [-0.25, -0.2) is 4.98 Å². The van der Waals surface area contributed by atoms with E-state index in [-0.39, 0.29) is 5.69 Å². The molecule has 2 rings (SSSR count). The van der Waals surface area contributed by atoms with Crippen molar-refractivity contribution in [2.75, 3.05) is 18.0 Å². The van der Waals surface area contributed by atoms with E-state index in [0.717, 1.165) is 19.4 Å². The molecule has 0 aromatic carbocycles. The second-order valence-corrected chi connectivity index (χ2v) is 5.20. The Labute approximate surface area is 113 Å². The quantitative estimate of drug-likeness (QED) is 0.476. The van der Waals surface area contributed by atoms with Gasteiger partial charge >= 0.3 is 5.69 Å². The van der Waals surface area contributed by atoms with Gasteiger partial charge in [-0.15, -0.1) is 6.42 Å². The predicted octanol–water partition coefficient (Wildman–Crippen LogP) is 2.60. The third-order valence-electron chi connectivity index (χ3n) is 2.77. The summed E-state index contributed by atoms with van der Waals surface area (Å²) in [7, 11) is 0. The molecule has 0 unspecified atom stereocenters. The average Bonchev–Trinajstić information content (AvgIpc) is 3.12. The van der Waals surface area contributed by atoms with Crippen LogP contribution in [-0.2, 0) is 0 Å². The molecule has 0 amide bonds. The van der Waals surface area contributed by atoms with Crippen LogP contribution < -0.4 is 4.90 Å². The fraction of sp³-hybridized carbons (Fsp3) is 0.417. The normalized spacial score (nSPS) is 14.0. The maximum Gasteiger partial charge on any atom is 0.312 e. The Hall–Kier alpha value is -1.61. The van der Waals surface area contributed by atoms with E-state index in [1.54, 1.807) is 6.20 Å². The standard InChI is InChI=1S/C12H12BrN3O2/c1-2-5-15(8-9-3-4-9)12-11(16(17)18)6-10(13)7-14-12/h1,6-7,9H,3-5,8H2. The second kappa shape index (κ2) is 5.36. The van der Waals surface area contributed by atoms with E-state index < -0.39 is 4.92 Å². The summed E-state index contributed by atoms with van der Waals surface area (Å²) >= 11 is 3.19. The van der Waals surface area contributed by atoms with Crippen molar-refractivity contribution in [1.82, 2.24) is 4.98 Å². The minimum Gasteiger partial charge on any atom is -0.339 e. The highest BCUT2D eigenvalue weighted by Crippen LogP contribution is 2.34. The van der Waals surface area contributed by atoms with Gasteiger partial charge in [0.05, 0.1) is 11.5 Å². The molecule has 1 aliphatic carbocycles. The molecule has 1 aromatic rings. The van der Waals surface area contributed by atoms with Crippen LogP contribution in [0.1, 0.15) is 12.8 Å². The number of aromatic nitrogens is 1. The number of terminal acetylenes is 1. The van der Waals surface area contributed by atoms with Gasteiger partial charge in [0.2, 0.25) is 5.82 Å². The molecule has 0 saturated heterocycles. The highest BCUT2D eigenvalue weighted by molar-refractivity contribution is 9.10. The SMILES string of the molecule is C#CCN(CC1CC1)c1ncc(Br)cc1[N+](=O)[O-]. The molecule has 1 fully saturated rings. The minimum atomic E-state index is -0.427. The first-order valence-electron chi connectivity index (χ1n) is 5.60. The Morgan fingerprint density at radius 3 is 2.94 bits per heavy atom. The Kier molecular flexibility index (Phi) is 3.82. The van der Waals surface area contributed by atoms with Gasteiger partial charge in [-0.2, -0.15) is 0 Å². The van der Waals surface area contributed by atoms with Crippen molar-refractivity contribution in [2.24, 2.45) is 5.92 Å². The number of hydrogen-bond acceptors (Lipinski definition) is 4. The van der Waals surface area contributed by atoms with E-state index in [4.69, 9.17) is 6.42 Å². The zero-order valence-corrected chi connectivity index (χ0v) is 11.3.